The van der Waals surface area contributed by atoms with Gasteiger partial charge in [0.15, 0.2) is 12.7 Å². The highest BCUT2D eigenvalue weighted by atomic mass is 35.5. The van der Waals surface area contributed by atoms with Crippen LogP contribution in [0.2, 0.25) is 5.02 Å². The van der Waals surface area contributed by atoms with Crippen molar-refractivity contribution in [3.63, 3.8) is 0 Å². The molecule has 0 aromatic heterocycles. The maximum absolute atomic E-state index is 12.5. The van der Waals surface area contributed by atoms with Crippen LogP contribution in [0.3, 0.4) is 0 Å². The fourth-order valence-corrected chi connectivity index (χ4v) is 2.47. The van der Waals surface area contributed by atoms with Gasteiger partial charge in [-0.3, -0.25) is 4.79 Å². The molecule has 26 heavy (non-hydrogen) atoms. The molecule has 138 valence electrons. The van der Waals surface area contributed by atoms with Gasteiger partial charge in [0.25, 0.3) is 5.91 Å². The van der Waals surface area contributed by atoms with Crippen LogP contribution in [0.4, 0.5) is 0 Å². The van der Waals surface area contributed by atoms with Crippen LogP contribution in [0.5, 0.6) is 11.5 Å². The molecule has 0 heterocycles. The van der Waals surface area contributed by atoms with Gasteiger partial charge in [-0.25, -0.2) is 4.79 Å². The molecule has 0 spiro atoms. The minimum atomic E-state index is -1.03. The van der Waals surface area contributed by atoms with Gasteiger partial charge in [-0.2, -0.15) is 0 Å². The van der Waals surface area contributed by atoms with Gasteiger partial charge in [-0.1, -0.05) is 29.8 Å². The number of ether oxygens (including phenoxy) is 2. The molecule has 1 N–H and O–H groups in total. The number of hydrogen-bond donors (Lipinski definition) is 1. The molecule has 7 heteroatoms. The Balaban J connectivity index is 1.90. The number of rotatable bonds is 8. The summed E-state index contributed by atoms with van der Waals surface area (Å²) in [4.78, 5) is 24.5. The summed E-state index contributed by atoms with van der Waals surface area (Å²) in [5, 5.41) is 9.14. The number of amides is 1. The smallest absolute Gasteiger partial charge is 0.341 e. The number of benzene rings is 2. The Kier molecular flexibility index (Phi) is 6.86. The zero-order valence-electron chi connectivity index (χ0n) is 14.5. The molecule has 2 aromatic rings. The van der Waals surface area contributed by atoms with Crippen molar-refractivity contribution in [1.82, 2.24) is 4.90 Å². The van der Waals surface area contributed by atoms with Gasteiger partial charge in [0.05, 0.1) is 0 Å². The van der Waals surface area contributed by atoms with E-state index in [2.05, 4.69) is 0 Å². The van der Waals surface area contributed by atoms with Crippen LogP contribution >= 0.6 is 11.6 Å². The van der Waals surface area contributed by atoms with Crippen molar-refractivity contribution in [3.05, 3.63) is 59.1 Å². The average molecular weight is 378 g/mol. The second-order valence-electron chi connectivity index (χ2n) is 5.74. The molecule has 1 unspecified atom stereocenters. The van der Waals surface area contributed by atoms with Crippen molar-refractivity contribution in [3.8, 4) is 11.5 Å². The Morgan fingerprint density at radius 1 is 1.15 bits per heavy atom. The molecule has 0 aliphatic carbocycles. The summed E-state index contributed by atoms with van der Waals surface area (Å²) in [6.07, 6.45) is -0.656. The largest absolute Gasteiger partial charge is 0.482 e. The van der Waals surface area contributed by atoms with Gasteiger partial charge >= 0.3 is 5.97 Å². The maximum Gasteiger partial charge on any atom is 0.341 e. The van der Waals surface area contributed by atoms with Crippen LogP contribution in [0.25, 0.3) is 0 Å². The molecule has 0 bridgehead atoms. The summed E-state index contributed by atoms with van der Waals surface area (Å²) < 4.78 is 10.7. The lowest BCUT2D eigenvalue weighted by atomic mass is 10.2. The summed E-state index contributed by atoms with van der Waals surface area (Å²) in [6.45, 7) is 1.68. The van der Waals surface area contributed by atoms with Crippen molar-refractivity contribution < 1.29 is 24.2 Å². The van der Waals surface area contributed by atoms with Gasteiger partial charge in [-0.05, 0) is 42.8 Å². The molecule has 0 saturated heterocycles. The number of likely N-dealkylation sites (N-methyl/N-ethyl adjacent to an activating group) is 1. The van der Waals surface area contributed by atoms with Gasteiger partial charge in [0, 0.05) is 18.6 Å². The van der Waals surface area contributed by atoms with Crippen molar-refractivity contribution in [1.29, 1.82) is 0 Å². The maximum atomic E-state index is 12.5. The highest BCUT2D eigenvalue weighted by Crippen LogP contribution is 2.19. The van der Waals surface area contributed by atoms with E-state index in [1.807, 2.05) is 0 Å². The summed E-state index contributed by atoms with van der Waals surface area (Å²) >= 11 is 5.91. The van der Waals surface area contributed by atoms with Crippen LogP contribution in [0.1, 0.15) is 12.5 Å². The van der Waals surface area contributed by atoms with Crippen LogP contribution < -0.4 is 9.47 Å². The molecule has 1 atom stereocenters. The summed E-state index contributed by atoms with van der Waals surface area (Å²) in [5.41, 5.74) is 0.887. The molecule has 0 radical (unpaired) electrons. The molecular formula is C19H20ClNO5. The molecule has 0 aliphatic rings. The zero-order chi connectivity index (χ0) is 19.1. The number of carboxylic acid groups (broad SMARTS) is 1. The molecule has 2 rings (SSSR count). The average Bonchev–Trinajstić information content (AvgIpc) is 2.60. The SMILES string of the molecule is CC(Oc1cccc(Cl)c1)C(=O)N(C)Cc1ccc(OCC(=O)O)cc1. The number of nitrogens with zero attached hydrogens (tertiary/aromatic N) is 1. The first kappa shape index (κ1) is 19.6. The Labute approximate surface area is 156 Å². The molecule has 2 aromatic carbocycles. The van der Waals surface area contributed by atoms with Gasteiger partial charge in [-0.15, -0.1) is 0 Å². The van der Waals surface area contributed by atoms with Crippen molar-refractivity contribution in [2.45, 2.75) is 19.6 Å². The van der Waals surface area contributed by atoms with Crippen LogP contribution in [0.15, 0.2) is 48.5 Å². The van der Waals surface area contributed by atoms with Crippen LogP contribution in [-0.2, 0) is 16.1 Å². The molecular weight excluding hydrogens is 358 g/mol. The summed E-state index contributed by atoms with van der Waals surface area (Å²) in [7, 11) is 1.69. The van der Waals surface area contributed by atoms with E-state index < -0.39 is 18.7 Å². The number of carboxylic acids is 1. The number of halogens is 1. The standard InChI is InChI=1S/C19H20ClNO5/c1-13(26-17-5-3-4-15(20)10-17)19(24)21(2)11-14-6-8-16(9-7-14)25-12-18(22)23/h3-10,13H,11-12H2,1-2H3,(H,22,23). The quantitative estimate of drug-likeness (QED) is 0.764. The lowest BCUT2D eigenvalue weighted by Crippen LogP contribution is -2.37. The van der Waals surface area contributed by atoms with E-state index in [0.29, 0.717) is 23.1 Å². The van der Waals surface area contributed by atoms with Gasteiger partial charge in [0.2, 0.25) is 0 Å². The second kappa shape index (κ2) is 9.10. The van der Waals surface area contributed by atoms with Gasteiger partial charge in [0.1, 0.15) is 11.5 Å². The predicted octanol–water partition coefficient (Wildman–Crippen LogP) is 3.23. The first-order valence-electron chi connectivity index (χ1n) is 7.96. The van der Waals surface area contributed by atoms with E-state index in [0.717, 1.165) is 5.56 Å². The van der Waals surface area contributed by atoms with Crippen molar-refractivity contribution in [2.75, 3.05) is 13.7 Å². The molecule has 0 aliphatic heterocycles. The monoisotopic (exact) mass is 377 g/mol. The normalized spacial score (nSPS) is 11.5. The third kappa shape index (κ3) is 5.97. The molecule has 0 fully saturated rings. The topological polar surface area (TPSA) is 76.1 Å². The Hall–Kier alpha value is -2.73. The molecule has 1 amide bonds. The lowest BCUT2D eigenvalue weighted by Gasteiger charge is -2.22. The van der Waals surface area contributed by atoms with Crippen LogP contribution in [0, 0.1) is 0 Å². The fraction of sp³-hybridized carbons (Fsp3) is 0.263. The minimum absolute atomic E-state index is 0.170. The Morgan fingerprint density at radius 2 is 1.85 bits per heavy atom. The highest BCUT2D eigenvalue weighted by molar-refractivity contribution is 6.30. The Morgan fingerprint density at radius 3 is 2.46 bits per heavy atom. The minimum Gasteiger partial charge on any atom is -0.482 e. The number of aliphatic carboxylic acids is 1. The first-order chi connectivity index (χ1) is 12.3. The summed E-state index contributed by atoms with van der Waals surface area (Å²) in [6, 6.07) is 13.8. The number of carbonyl (C=O) groups is 2. The fourth-order valence-electron chi connectivity index (χ4n) is 2.29. The van der Waals surface area contributed by atoms with Gasteiger partial charge < -0.3 is 19.5 Å². The van der Waals surface area contributed by atoms with Crippen molar-refractivity contribution in [2.24, 2.45) is 0 Å². The Bertz CT molecular complexity index is 763. The van der Waals surface area contributed by atoms with Crippen molar-refractivity contribution >= 4 is 23.5 Å². The predicted molar refractivity (Wildman–Crippen MR) is 97.6 cm³/mol. The van der Waals surface area contributed by atoms with E-state index >= 15 is 0 Å². The lowest BCUT2D eigenvalue weighted by molar-refractivity contribution is -0.139. The summed E-state index contributed by atoms with van der Waals surface area (Å²) in [5.74, 6) is -0.209. The van der Waals surface area contributed by atoms with E-state index in [1.165, 1.54) is 0 Å². The van der Waals surface area contributed by atoms with E-state index in [1.54, 1.807) is 67.4 Å². The third-order valence-corrected chi connectivity index (χ3v) is 3.77. The van der Waals surface area contributed by atoms with E-state index in [4.69, 9.17) is 26.2 Å². The number of hydrogen-bond acceptors (Lipinski definition) is 4. The molecule has 0 saturated carbocycles. The highest BCUT2D eigenvalue weighted by Gasteiger charge is 2.19. The van der Waals surface area contributed by atoms with E-state index in [-0.39, 0.29) is 5.91 Å². The number of carbonyl (C=O) groups excluding carboxylic acids is 1. The molecule has 6 nitrogen and oxygen atoms in total. The first-order valence-corrected chi connectivity index (χ1v) is 8.33. The van der Waals surface area contributed by atoms with E-state index in [9.17, 15) is 9.59 Å². The second-order valence-corrected chi connectivity index (χ2v) is 6.17. The zero-order valence-corrected chi connectivity index (χ0v) is 15.3. The third-order valence-electron chi connectivity index (χ3n) is 3.54. The van der Waals surface area contributed by atoms with Crippen LogP contribution in [-0.4, -0.2) is 41.6 Å².